The van der Waals surface area contributed by atoms with E-state index in [0.29, 0.717) is 22.3 Å². The summed E-state index contributed by atoms with van der Waals surface area (Å²) in [6.45, 7) is 0. The molecular formula is C17H12ClNO5. The molecule has 0 spiro atoms. The molecule has 0 aliphatic rings. The number of amides is 1. The van der Waals surface area contributed by atoms with Gasteiger partial charge in [0.15, 0.2) is 0 Å². The lowest BCUT2D eigenvalue weighted by molar-refractivity contribution is -0.146. The standard InChI is InChI=1S/C17H12ClNO5/c18-12-5-1-4-11(7-12)16(22)19-13-6-2-3-10(8-13)14(20)9-15(21)17(23)24/h1-9,20H,(H,19,22)(H,23,24)/b14-9-. The van der Waals surface area contributed by atoms with Crippen molar-refractivity contribution >= 4 is 40.7 Å². The Labute approximate surface area is 142 Å². The van der Waals surface area contributed by atoms with E-state index >= 15 is 0 Å². The highest BCUT2D eigenvalue weighted by Crippen LogP contribution is 2.18. The summed E-state index contributed by atoms with van der Waals surface area (Å²) in [7, 11) is 0. The van der Waals surface area contributed by atoms with Crippen molar-refractivity contribution in [3.63, 3.8) is 0 Å². The Kier molecular flexibility index (Phi) is 5.34. The molecule has 0 fully saturated rings. The molecule has 0 bridgehead atoms. The molecule has 3 N–H and O–H groups in total. The highest BCUT2D eigenvalue weighted by molar-refractivity contribution is 6.38. The number of nitrogens with one attached hydrogen (secondary N) is 1. The Bertz CT molecular complexity index is 844. The minimum absolute atomic E-state index is 0.188. The zero-order valence-electron chi connectivity index (χ0n) is 12.2. The Morgan fingerprint density at radius 3 is 2.29 bits per heavy atom. The average Bonchev–Trinajstić information content (AvgIpc) is 2.54. The first-order valence-corrected chi connectivity index (χ1v) is 7.10. The number of benzene rings is 2. The minimum Gasteiger partial charge on any atom is -0.507 e. The molecule has 0 radical (unpaired) electrons. The average molecular weight is 346 g/mol. The third-order valence-electron chi connectivity index (χ3n) is 2.98. The van der Waals surface area contributed by atoms with Crippen molar-refractivity contribution in [2.75, 3.05) is 5.32 Å². The number of hydrogen-bond donors (Lipinski definition) is 3. The monoisotopic (exact) mass is 345 g/mol. The number of anilines is 1. The largest absolute Gasteiger partial charge is 0.507 e. The van der Waals surface area contributed by atoms with Crippen LogP contribution >= 0.6 is 11.6 Å². The van der Waals surface area contributed by atoms with Crippen LogP contribution in [-0.4, -0.2) is 27.9 Å². The molecule has 0 heterocycles. The molecule has 0 unspecified atom stereocenters. The van der Waals surface area contributed by atoms with E-state index in [9.17, 15) is 19.5 Å². The van der Waals surface area contributed by atoms with Gasteiger partial charge < -0.3 is 15.5 Å². The first-order valence-electron chi connectivity index (χ1n) is 6.72. The lowest BCUT2D eigenvalue weighted by atomic mass is 10.1. The summed E-state index contributed by atoms with van der Waals surface area (Å²) in [6, 6.07) is 12.4. The van der Waals surface area contributed by atoms with E-state index < -0.39 is 23.4 Å². The molecule has 0 aliphatic heterocycles. The molecule has 0 atom stereocenters. The van der Waals surface area contributed by atoms with Crippen LogP contribution in [0.25, 0.3) is 5.76 Å². The van der Waals surface area contributed by atoms with Crippen LogP contribution in [0.4, 0.5) is 5.69 Å². The summed E-state index contributed by atoms with van der Waals surface area (Å²) in [5, 5.41) is 21.4. The van der Waals surface area contributed by atoms with Crippen LogP contribution in [-0.2, 0) is 9.59 Å². The second kappa shape index (κ2) is 7.43. The van der Waals surface area contributed by atoms with Gasteiger partial charge in [-0.3, -0.25) is 9.59 Å². The first kappa shape index (κ1) is 17.2. The highest BCUT2D eigenvalue weighted by atomic mass is 35.5. The summed E-state index contributed by atoms with van der Waals surface area (Å²) in [4.78, 5) is 33.7. The molecule has 2 aromatic carbocycles. The SMILES string of the molecule is O=C(O)C(=O)/C=C(\O)c1cccc(NC(=O)c2cccc(Cl)c2)c1. The smallest absolute Gasteiger partial charge is 0.376 e. The molecule has 1 amide bonds. The highest BCUT2D eigenvalue weighted by Gasteiger charge is 2.12. The van der Waals surface area contributed by atoms with E-state index in [1.807, 2.05) is 0 Å². The Morgan fingerprint density at radius 2 is 1.62 bits per heavy atom. The van der Waals surface area contributed by atoms with Crippen molar-refractivity contribution in [2.24, 2.45) is 0 Å². The van der Waals surface area contributed by atoms with Crippen molar-refractivity contribution in [3.05, 3.63) is 70.8 Å². The summed E-state index contributed by atoms with van der Waals surface area (Å²) >= 11 is 5.83. The number of carbonyl (C=O) groups is 3. The number of rotatable bonds is 5. The number of aliphatic carboxylic acids is 1. The number of carboxylic acids is 1. The van der Waals surface area contributed by atoms with Crippen LogP contribution < -0.4 is 5.32 Å². The zero-order chi connectivity index (χ0) is 17.7. The predicted octanol–water partition coefficient (Wildman–Crippen LogP) is 3.14. The van der Waals surface area contributed by atoms with Crippen LogP contribution in [0.5, 0.6) is 0 Å². The maximum Gasteiger partial charge on any atom is 0.376 e. The van der Waals surface area contributed by atoms with Gasteiger partial charge in [-0.2, -0.15) is 0 Å². The topological polar surface area (TPSA) is 104 Å². The van der Waals surface area contributed by atoms with Crippen molar-refractivity contribution in [3.8, 4) is 0 Å². The van der Waals surface area contributed by atoms with Crippen LogP contribution in [0.3, 0.4) is 0 Å². The van der Waals surface area contributed by atoms with Gasteiger partial charge in [0.1, 0.15) is 5.76 Å². The molecule has 2 rings (SSSR count). The molecular weight excluding hydrogens is 334 g/mol. The molecule has 24 heavy (non-hydrogen) atoms. The van der Waals surface area contributed by atoms with E-state index in [1.165, 1.54) is 24.3 Å². The van der Waals surface area contributed by atoms with E-state index in [1.54, 1.807) is 24.3 Å². The van der Waals surface area contributed by atoms with Crippen LogP contribution in [0.15, 0.2) is 54.6 Å². The third-order valence-corrected chi connectivity index (χ3v) is 3.22. The normalized spacial score (nSPS) is 11.0. The summed E-state index contributed by atoms with van der Waals surface area (Å²) in [5.41, 5.74) is 0.905. The molecule has 0 saturated carbocycles. The molecule has 7 heteroatoms. The minimum atomic E-state index is -1.67. The quantitative estimate of drug-likeness (QED) is 0.439. The number of aliphatic hydroxyl groups is 1. The summed E-state index contributed by atoms with van der Waals surface area (Å²) in [5.74, 6) is -3.84. The number of carboxylic acid groups (broad SMARTS) is 1. The van der Waals surface area contributed by atoms with E-state index in [2.05, 4.69) is 5.32 Å². The molecule has 2 aromatic rings. The third kappa shape index (κ3) is 4.44. The van der Waals surface area contributed by atoms with E-state index in [-0.39, 0.29) is 5.56 Å². The van der Waals surface area contributed by atoms with E-state index in [0.717, 1.165) is 0 Å². The molecule has 122 valence electrons. The second-order valence-electron chi connectivity index (χ2n) is 4.74. The number of ketones is 1. The molecule has 6 nitrogen and oxygen atoms in total. The van der Waals surface area contributed by atoms with Crippen molar-refractivity contribution in [1.82, 2.24) is 0 Å². The van der Waals surface area contributed by atoms with Crippen LogP contribution in [0, 0.1) is 0 Å². The number of halogens is 1. The van der Waals surface area contributed by atoms with Crippen LogP contribution in [0.1, 0.15) is 15.9 Å². The van der Waals surface area contributed by atoms with Gasteiger partial charge in [0, 0.05) is 27.9 Å². The Hall–Kier alpha value is -3.12. The Morgan fingerprint density at radius 1 is 0.958 bits per heavy atom. The summed E-state index contributed by atoms with van der Waals surface area (Å²) < 4.78 is 0. The predicted molar refractivity (Wildman–Crippen MR) is 89.1 cm³/mol. The molecule has 0 aliphatic carbocycles. The zero-order valence-corrected chi connectivity index (χ0v) is 12.9. The number of carbonyl (C=O) groups excluding carboxylic acids is 2. The maximum atomic E-state index is 12.1. The number of hydrogen-bond acceptors (Lipinski definition) is 4. The van der Waals surface area contributed by atoms with Crippen molar-refractivity contribution in [1.29, 1.82) is 0 Å². The van der Waals surface area contributed by atoms with Gasteiger partial charge >= 0.3 is 5.97 Å². The fourth-order valence-electron chi connectivity index (χ4n) is 1.86. The number of aliphatic hydroxyl groups excluding tert-OH is 1. The van der Waals surface area contributed by atoms with Gasteiger partial charge in [0.25, 0.3) is 11.7 Å². The van der Waals surface area contributed by atoms with Gasteiger partial charge in [-0.05, 0) is 30.3 Å². The van der Waals surface area contributed by atoms with Crippen molar-refractivity contribution in [2.45, 2.75) is 0 Å². The summed E-state index contributed by atoms with van der Waals surface area (Å²) in [6.07, 6.45) is 0.597. The first-order chi connectivity index (χ1) is 11.4. The van der Waals surface area contributed by atoms with Gasteiger partial charge in [0.05, 0.1) is 0 Å². The van der Waals surface area contributed by atoms with Gasteiger partial charge in [-0.15, -0.1) is 0 Å². The second-order valence-corrected chi connectivity index (χ2v) is 5.18. The molecule has 0 aromatic heterocycles. The van der Waals surface area contributed by atoms with Crippen molar-refractivity contribution < 1.29 is 24.6 Å². The molecule has 0 saturated heterocycles. The fourth-order valence-corrected chi connectivity index (χ4v) is 2.05. The van der Waals surface area contributed by atoms with Gasteiger partial charge in [-0.1, -0.05) is 29.8 Å². The maximum absolute atomic E-state index is 12.1. The lowest BCUT2D eigenvalue weighted by Gasteiger charge is -2.07. The van der Waals surface area contributed by atoms with Gasteiger partial charge in [0.2, 0.25) is 0 Å². The van der Waals surface area contributed by atoms with Gasteiger partial charge in [-0.25, -0.2) is 4.79 Å². The van der Waals surface area contributed by atoms with Crippen LogP contribution in [0.2, 0.25) is 5.02 Å². The fraction of sp³-hybridized carbons (Fsp3) is 0. The Balaban J connectivity index is 2.20. The van der Waals surface area contributed by atoms with E-state index in [4.69, 9.17) is 16.7 Å². The lowest BCUT2D eigenvalue weighted by Crippen LogP contribution is -2.12.